The molecule has 0 aromatic carbocycles. The van der Waals surface area contributed by atoms with Crippen LogP contribution in [0, 0.1) is 5.41 Å². The van der Waals surface area contributed by atoms with Gasteiger partial charge in [-0.15, -0.1) is 0 Å². The van der Waals surface area contributed by atoms with E-state index < -0.39 is 0 Å². The second-order valence-corrected chi connectivity index (χ2v) is 5.94. The second-order valence-electron chi connectivity index (χ2n) is 5.94. The summed E-state index contributed by atoms with van der Waals surface area (Å²) in [6.07, 6.45) is 7.01. The van der Waals surface area contributed by atoms with Gasteiger partial charge in [-0.3, -0.25) is 4.79 Å². The van der Waals surface area contributed by atoms with Crippen LogP contribution in [0.4, 0.5) is 0 Å². The molecule has 92 valence electrons. The summed E-state index contributed by atoms with van der Waals surface area (Å²) in [4.78, 5) is 12.1. The normalized spacial score (nSPS) is 33.6. The van der Waals surface area contributed by atoms with Crippen molar-refractivity contribution < 1.29 is 4.79 Å². The Morgan fingerprint density at radius 1 is 1.25 bits per heavy atom. The van der Waals surface area contributed by atoms with Crippen LogP contribution in [0.2, 0.25) is 0 Å². The van der Waals surface area contributed by atoms with Gasteiger partial charge in [0, 0.05) is 6.04 Å². The van der Waals surface area contributed by atoms with E-state index in [0.717, 1.165) is 19.4 Å². The lowest BCUT2D eigenvalue weighted by Crippen LogP contribution is -2.51. The zero-order chi connectivity index (χ0) is 11.6. The van der Waals surface area contributed by atoms with Crippen LogP contribution in [0.1, 0.15) is 52.4 Å². The van der Waals surface area contributed by atoms with E-state index in [4.69, 9.17) is 0 Å². The first kappa shape index (κ1) is 11.9. The molecule has 1 amide bonds. The molecular formula is C13H24N2O. The number of rotatable bonds is 2. The van der Waals surface area contributed by atoms with Gasteiger partial charge >= 0.3 is 0 Å². The molecule has 2 rings (SSSR count). The number of nitrogens with one attached hydrogen (secondary N) is 2. The van der Waals surface area contributed by atoms with Crippen LogP contribution in [0.5, 0.6) is 0 Å². The average molecular weight is 224 g/mol. The van der Waals surface area contributed by atoms with Gasteiger partial charge in [0.1, 0.15) is 0 Å². The number of carbonyl (C=O) groups excluding carboxylic acids is 1. The van der Waals surface area contributed by atoms with E-state index in [1.807, 2.05) is 0 Å². The van der Waals surface area contributed by atoms with E-state index in [-0.39, 0.29) is 17.4 Å². The fourth-order valence-electron chi connectivity index (χ4n) is 2.94. The van der Waals surface area contributed by atoms with Crippen LogP contribution in [0.25, 0.3) is 0 Å². The van der Waals surface area contributed by atoms with Gasteiger partial charge in [0.25, 0.3) is 0 Å². The van der Waals surface area contributed by atoms with Gasteiger partial charge < -0.3 is 10.6 Å². The summed E-state index contributed by atoms with van der Waals surface area (Å²) in [5, 5.41) is 6.55. The van der Waals surface area contributed by atoms with Crippen molar-refractivity contribution in [2.24, 2.45) is 5.41 Å². The first-order valence-corrected chi connectivity index (χ1v) is 6.63. The van der Waals surface area contributed by atoms with E-state index >= 15 is 0 Å². The van der Waals surface area contributed by atoms with Gasteiger partial charge in [0.05, 0.1) is 6.04 Å². The van der Waals surface area contributed by atoms with Crippen molar-refractivity contribution in [2.75, 3.05) is 6.54 Å². The van der Waals surface area contributed by atoms with E-state index in [1.54, 1.807) is 0 Å². The SMILES string of the molecule is CC1(C)CCCC1NC(=O)[C@H]1CCCCN1. The molecule has 0 aromatic rings. The molecule has 1 saturated carbocycles. The van der Waals surface area contributed by atoms with Gasteiger partial charge in [-0.25, -0.2) is 0 Å². The smallest absolute Gasteiger partial charge is 0.237 e. The van der Waals surface area contributed by atoms with E-state index in [2.05, 4.69) is 24.5 Å². The van der Waals surface area contributed by atoms with Crippen molar-refractivity contribution in [1.29, 1.82) is 0 Å². The van der Waals surface area contributed by atoms with Gasteiger partial charge in [-0.1, -0.05) is 26.7 Å². The Labute approximate surface area is 98.4 Å². The third kappa shape index (κ3) is 2.57. The Kier molecular flexibility index (Phi) is 3.53. The molecule has 1 unspecified atom stereocenters. The number of amides is 1. The summed E-state index contributed by atoms with van der Waals surface area (Å²) in [5.74, 6) is 0.222. The van der Waals surface area contributed by atoms with Gasteiger partial charge in [0.2, 0.25) is 5.91 Å². The summed E-state index contributed by atoms with van der Waals surface area (Å²) in [5.41, 5.74) is 0.282. The topological polar surface area (TPSA) is 41.1 Å². The molecule has 2 atom stereocenters. The minimum absolute atomic E-state index is 0.0603. The van der Waals surface area contributed by atoms with Gasteiger partial charge in [-0.2, -0.15) is 0 Å². The first-order chi connectivity index (χ1) is 7.59. The molecule has 3 nitrogen and oxygen atoms in total. The summed E-state index contributed by atoms with van der Waals surface area (Å²) in [7, 11) is 0. The molecule has 2 aliphatic rings. The van der Waals surface area contributed by atoms with Gasteiger partial charge in [0.15, 0.2) is 0 Å². The van der Waals surface area contributed by atoms with E-state index in [0.29, 0.717) is 6.04 Å². The molecular weight excluding hydrogens is 200 g/mol. The zero-order valence-corrected chi connectivity index (χ0v) is 10.5. The number of hydrogen-bond donors (Lipinski definition) is 2. The maximum absolute atomic E-state index is 12.1. The standard InChI is InChI=1S/C13H24N2O/c1-13(2)8-5-7-11(13)15-12(16)10-6-3-4-9-14-10/h10-11,14H,3-9H2,1-2H3,(H,15,16)/t10-,11?/m1/s1. The van der Waals surface area contributed by atoms with Crippen molar-refractivity contribution in [3.63, 3.8) is 0 Å². The van der Waals surface area contributed by atoms with Crippen molar-refractivity contribution in [2.45, 2.75) is 64.5 Å². The maximum Gasteiger partial charge on any atom is 0.237 e. The molecule has 0 radical (unpaired) electrons. The van der Waals surface area contributed by atoms with Crippen molar-refractivity contribution in [3.05, 3.63) is 0 Å². The number of carbonyl (C=O) groups is 1. The van der Waals surface area contributed by atoms with E-state index in [1.165, 1.54) is 25.7 Å². The third-order valence-corrected chi connectivity index (χ3v) is 4.20. The average Bonchev–Trinajstić information content (AvgIpc) is 2.59. The molecule has 16 heavy (non-hydrogen) atoms. The maximum atomic E-state index is 12.1. The minimum atomic E-state index is 0.0603. The summed E-state index contributed by atoms with van der Waals surface area (Å²) >= 11 is 0. The highest BCUT2D eigenvalue weighted by Gasteiger charge is 2.36. The van der Waals surface area contributed by atoms with Crippen LogP contribution in [0.15, 0.2) is 0 Å². The van der Waals surface area contributed by atoms with Gasteiger partial charge in [-0.05, 0) is 37.6 Å². The number of piperidine rings is 1. The van der Waals surface area contributed by atoms with Crippen molar-refractivity contribution in [1.82, 2.24) is 10.6 Å². The highest BCUT2D eigenvalue weighted by molar-refractivity contribution is 5.82. The fourth-order valence-corrected chi connectivity index (χ4v) is 2.94. The molecule has 1 heterocycles. The summed E-state index contributed by atoms with van der Waals surface area (Å²) in [6.45, 7) is 5.52. The predicted molar refractivity (Wildman–Crippen MR) is 65.2 cm³/mol. The van der Waals surface area contributed by atoms with Crippen LogP contribution in [-0.4, -0.2) is 24.5 Å². The Hall–Kier alpha value is -0.570. The van der Waals surface area contributed by atoms with Crippen LogP contribution >= 0.6 is 0 Å². The summed E-state index contributed by atoms with van der Waals surface area (Å²) in [6, 6.07) is 0.439. The molecule has 1 aliphatic heterocycles. The minimum Gasteiger partial charge on any atom is -0.351 e. The second kappa shape index (κ2) is 4.74. The zero-order valence-electron chi connectivity index (χ0n) is 10.5. The van der Waals surface area contributed by atoms with Crippen LogP contribution in [-0.2, 0) is 4.79 Å². The highest BCUT2D eigenvalue weighted by atomic mass is 16.2. The van der Waals surface area contributed by atoms with E-state index in [9.17, 15) is 4.79 Å². The molecule has 1 saturated heterocycles. The molecule has 2 fully saturated rings. The lowest BCUT2D eigenvalue weighted by molar-refractivity contribution is -0.125. The molecule has 0 aromatic heterocycles. The highest BCUT2D eigenvalue weighted by Crippen LogP contribution is 2.37. The predicted octanol–water partition coefficient (Wildman–Crippen LogP) is 1.82. The molecule has 1 aliphatic carbocycles. The Morgan fingerprint density at radius 3 is 2.62 bits per heavy atom. The molecule has 0 spiro atoms. The van der Waals surface area contributed by atoms with Crippen molar-refractivity contribution >= 4 is 5.91 Å². The van der Waals surface area contributed by atoms with Crippen LogP contribution in [0.3, 0.4) is 0 Å². The lowest BCUT2D eigenvalue weighted by atomic mass is 9.87. The Bertz CT molecular complexity index is 257. The molecule has 3 heteroatoms. The quantitative estimate of drug-likeness (QED) is 0.751. The molecule has 0 bridgehead atoms. The summed E-state index contributed by atoms with van der Waals surface area (Å²) < 4.78 is 0. The van der Waals surface area contributed by atoms with Crippen molar-refractivity contribution in [3.8, 4) is 0 Å². The number of hydrogen-bond acceptors (Lipinski definition) is 2. The van der Waals surface area contributed by atoms with Crippen LogP contribution < -0.4 is 10.6 Å². The first-order valence-electron chi connectivity index (χ1n) is 6.63. The monoisotopic (exact) mass is 224 g/mol. The molecule has 2 N–H and O–H groups in total. The third-order valence-electron chi connectivity index (χ3n) is 4.20. The lowest BCUT2D eigenvalue weighted by Gasteiger charge is -2.30. The Balaban J connectivity index is 1.86. The Morgan fingerprint density at radius 2 is 2.06 bits per heavy atom. The largest absolute Gasteiger partial charge is 0.351 e. The fraction of sp³-hybridized carbons (Fsp3) is 0.923.